The fraction of sp³-hybridized carbons (Fsp3) is 0.267. The van der Waals surface area contributed by atoms with Crippen LogP contribution in [-0.4, -0.2) is 24.4 Å². The van der Waals surface area contributed by atoms with Crippen LogP contribution in [0.25, 0.3) is 0 Å². The molecule has 100 valence electrons. The molecule has 1 aromatic carbocycles. The van der Waals surface area contributed by atoms with Crippen LogP contribution in [0.2, 0.25) is 0 Å². The minimum Gasteiger partial charge on any atom is -0.341 e. The predicted octanol–water partition coefficient (Wildman–Crippen LogP) is 3.51. The van der Waals surface area contributed by atoms with Crippen molar-refractivity contribution in [3.63, 3.8) is 0 Å². The third-order valence-corrected chi connectivity index (χ3v) is 3.98. The quantitative estimate of drug-likeness (QED) is 0.837. The number of thiophene rings is 1. The molecule has 2 aromatic rings. The van der Waals surface area contributed by atoms with Gasteiger partial charge in [-0.1, -0.05) is 6.07 Å². The Morgan fingerprint density at radius 1 is 1.37 bits per heavy atom. The average Bonchev–Trinajstić information content (AvgIpc) is 2.88. The Balaban J connectivity index is 2.02. The fourth-order valence-corrected chi connectivity index (χ4v) is 2.61. The largest absolute Gasteiger partial charge is 0.341 e. The van der Waals surface area contributed by atoms with Gasteiger partial charge in [0.1, 0.15) is 5.82 Å². The molecule has 0 spiro atoms. The van der Waals surface area contributed by atoms with Crippen molar-refractivity contribution in [1.29, 1.82) is 0 Å². The van der Waals surface area contributed by atoms with Gasteiger partial charge >= 0.3 is 0 Å². The molecule has 0 aliphatic heterocycles. The number of carbonyl (C=O) groups excluding carboxylic acids is 1. The van der Waals surface area contributed by atoms with Crippen LogP contribution in [0.4, 0.5) is 4.39 Å². The van der Waals surface area contributed by atoms with Crippen LogP contribution < -0.4 is 0 Å². The number of amides is 1. The molecule has 1 amide bonds. The predicted molar refractivity (Wildman–Crippen MR) is 76.1 cm³/mol. The summed E-state index contributed by atoms with van der Waals surface area (Å²) in [7, 11) is 1.78. The van der Waals surface area contributed by atoms with Crippen molar-refractivity contribution in [2.24, 2.45) is 0 Å². The van der Waals surface area contributed by atoms with Crippen LogP contribution in [0.5, 0.6) is 0 Å². The lowest BCUT2D eigenvalue weighted by atomic mass is 10.1. The number of carbonyl (C=O) groups is 1. The van der Waals surface area contributed by atoms with Crippen molar-refractivity contribution in [2.45, 2.75) is 13.3 Å². The Bertz CT molecular complexity index is 566. The Labute approximate surface area is 116 Å². The molecule has 0 fully saturated rings. The summed E-state index contributed by atoms with van der Waals surface area (Å²) in [6.45, 7) is 2.42. The first-order valence-corrected chi connectivity index (χ1v) is 7.00. The lowest BCUT2D eigenvalue weighted by Crippen LogP contribution is -2.29. The molecule has 0 N–H and O–H groups in total. The van der Waals surface area contributed by atoms with Crippen LogP contribution in [0.15, 0.2) is 35.7 Å². The van der Waals surface area contributed by atoms with Crippen molar-refractivity contribution in [2.75, 3.05) is 13.6 Å². The van der Waals surface area contributed by atoms with E-state index >= 15 is 0 Å². The zero-order chi connectivity index (χ0) is 13.8. The fourth-order valence-electron chi connectivity index (χ4n) is 1.91. The number of likely N-dealkylation sites (N-methyl/N-ethyl adjacent to an activating group) is 1. The van der Waals surface area contributed by atoms with E-state index in [1.807, 2.05) is 11.4 Å². The molecular formula is C15H16FNOS. The maximum atomic E-state index is 13.0. The monoisotopic (exact) mass is 277 g/mol. The summed E-state index contributed by atoms with van der Waals surface area (Å²) in [6.07, 6.45) is 0.847. The van der Waals surface area contributed by atoms with Gasteiger partial charge in [-0.3, -0.25) is 4.79 Å². The SMILES string of the molecule is Cc1cc(F)ccc1C(=O)N(C)CCc1cccs1. The first-order valence-electron chi connectivity index (χ1n) is 6.12. The minimum absolute atomic E-state index is 0.0611. The standard InChI is InChI=1S/C15H16FNOS/c1-11-10-12(16)5-6-14(11)15(18)17(2)8-7-13-4-3-9-19-13/h3-6,9-10H,7-8H2,1-2H3. The third kappa shape index (κ3) is 3.41. The lowest BCUT2D eigenvalue weighted by molar-refractivity contribution is 0.0796. The van der Waals surface area contributed by atoms with Crippen LogP contribution in [0, 0.1) is 12.7 Å². The normalized spacial score (nSPS) is 10.5. The van der Waals surface area contributed by atoms with Crippen molar-refractivity contribution in [3.05, 3.63) is 57.5 Å². The number of aryl methyl sites for hydroxylation is 1. The van der Waals surface area contributed by atoms with Crippen LogP contribution >= 0.6 is 11.3 Å². The number of benzene rings is 1. The molecule has 4 heteroatoms. The van der Waals surface area contributed by atoms with Crippen LogP contribution in [-0.2, 0) is 6.42 Å². The summed E-state index contributed by atoms with van der Waals surface area (Å²) in [4.78, 5) is 15.2. The number of hydrogen-bond acceptors (Lipinski definition) is 2. The number of hydrogen-bond donors (Lipinski definition) is 0. The zero-order valence-corrected chi connectivity index (χ0v) is 11.8. The molecular weight excluding hydrogens is 261 g/mol. The van der Waals surface area contributed by atoms with Gasteiger partial charge in [-0.05, 0) is 48.6 Å². The van der Waals surface area contributed by atoms with E-state index in [1.165, 1.54) is 17.0 Å². The third-order valence-electron chi connectivity index (χ3n) is 3.04. The minimum atomic E-state index is -0.310. The summed E-state index contributed by atoms with van der Waals surface area (Å²) in [5, 5.41) is 2.03. The number of halogens is 1. The van der Waals surface area contributed by atoms with E-state index in [4.69, 9.17) is 0 Å². The zero-order valence-electron chi connectivity index (χ0n) is 11.0. The number of rotatable bonds is 4. The van der Waals surface area contributed by atoms with Gasteiger partial charge in [-0.15, -0.1) is 11.3 Å². The molecule has 19 heavy (non-hydrogen) atoms. The van der Waals surface area contributed by atoms with Gasteiger partial charge < -0.3 is 4.90 Å². The van der Waals surface area contributed by atoms with Crippen LogP contribution in [0.1, 0.15) is 20.8 Å². The van der Waals surface area contributed by atoms with Crippen LogP contribution in [0.3, 0.4) is 0 Å². The molecule has 1 aromatic heterocycles. The molecule has 0 saturated heterocycles. The van der Waals surface area contributed by atoms with E-state index in [2.05, 4.69) is 6.07 Å². The molecule has 2 nitrogen and oxygen atoms in total. The molecule has 0 radical (unpaired) electrons. The highest BCUT2D eigenvalue weighted by Crippen LogP contribution is 2.14. The second-order valence-electron chi connectivity index (χ2n) is 4.52. The molecule has 0 saturated carbocycles. The highest BCUT2D eigenvalue weighted by Gasteiger charge is 2.14. The van der Waals surface area contributed by atoms with Gasteiger partial charge in [-0.2, -0.15) is 0 Å². The van der Waals surface area contributed by atoms with Crippen molar-refractivity contribution >= 4 is 17.2 Å². The Morgan fingerprint density at radius 2 is 2.16 bits per heavy atom. The summed E-state index contributed by atoms with van der Waals surface area (Å²) < 4.78 is 13.0. The molecule has 2 rings (SSSR count). The van der Waals surface area contributed by atoms with Crippen molar-refractivity contribution < 1.29 is 9.18 Å². The van der Waals surface area contributed by atoms with Gasteiger partial charge in [-0.25, -0.2) is 4.39 Å². The van der Waals surface area contributed by atoms with Crippen molar-refractivity contribution in [3.8, 4) is 0 Å². The van der Waals surface area contributed by atoms with Gasteiger partial charge in [0.25, 0.3) is 5.91 Å². The molecule has 0 aliphatic rings. The molecule has 0 atom stereocenters. The highest BCUT2D eigenvalue weighted by atomic mass is 32.1. The summed E-state index contributed by atoms with van der Waals surface area (Å²) in [6, 6.07) is 8.33. The van der Waals surface area contributed by atoms with Crippen molar-refractivity contribution in [1.82, 2.24) is 4.90 Å². The lowest BCUT2D eigenvalue weighted by Gasteiger charge is -2.18. The van der Waals surface area contributed by atoms with Gasteiger partial charge in [0.2, 0.25) is 0 Å². The van der Waals surface area contributed by atoms with E-state index < -0.39 is 0 Å². The second-order valence-corrected chi connectivity index (χ2v) is 5.55. The molecule has 0 bridgehead atoms. The maximum Gasteiger partial charge on any atom is 0.253 e. The van der Waals surface area contributed by atoms with E-state index in [0.717, 1.165) is 6.42 Å². The number of nitrogens with zero attached hydrogens (tertiary/aromatic N) is 1. The Morgan fingerprint density at radius 3 is 2.79 bits per heavy atom. The molecule has 0 unspecified atom stereocenters. The molecule has 0 aliphatic carbocycles. The van der Waals surface area contributed by atoms with E-state index in [0.29, 0.717) is 17.7 Å². The summed E-state index contributed by atoms with van der Waals surface area (Å²) in [5.41, 5.74) is 1.24. The summed E-state index contributed by atoms with van der Waals surface area (Å²) in [5.74, 6) is -0.371. The average molecular weight is 277 g/mol. The highest BCUT2D eigenvalue weighted by molar-refractivity contribution is 7.09. The topological polar surface area (TPSA) is 20.3 Å². The summed E-state index contributed by atoms with van der Waals surface area (Å²) >= 11 is 1.69. The smallest absolute Gasteiger partial charge is 0.253 e. The van der Waals surface area contributed by atoms with E-state index in [1.54, 1.807) is 36.3 Å². The Hall–Kier alpha value is -1.68. The first kappa shape index (κ1) is 13.7. The maximum absolute atomic E-state index is 13.0. The molecule has 1 heterocycles. The van der Waals surface area contributed by atoms with E-state index in [9.17, 15) is 9.18 Å². The Kier molecular flexibility index (Phi) is 4.32. The van der Waals surface area contributed by atoms with Gasteiger partial charge in [0.05, 0.1) is 0 Å². The second kappa shape index (κ2) is 5.97. The van der Waals surface area contributed by atoms with Gasteiger partial charge in [0.15, 0.2) is 0 Å². The first-order chi connectivity index (χ1) is 9.08. The van der Waals surface area contributed by atoms with Gasteiger partial charge in [0, 0.05) is 24.0 Å². The van der Waals surface area contributed by atoms with E-state index in [-0.39, 0.29) is 11.7 Å².